The topological polar surface area (TPSA) is 37.9 Å². The quantitative estimate of drug-likeness (QED) is 0.715. The van der Waals surface area contributed by atoms with Gasteiger partial charge in [0, 0.05) is 6.07 Å². The van der Waals surface area contributed by atoms with Gasteiger partial charge in [-0.3, -0.25) is 0 Å². The maximum atomic E-state index is 5.08. The lowest BCUT2D eigenvalue weighted by Crippen LogP contribution is -1.81. The molecule has 0 fully saturated rings. The fourth-order valence-corrected chi connectivity index (χ4v) is 1.78. The lowest BCUT2D eigenvalue weighted by atomic mass is 10.2. The molecule has 2 aromatic carbocycles. The Kier molecular flexibility index (Phi) is 4.18. The minimum Gasteiger partial charge on any atom is -0.497 e. The second-order valence-electron chi connectivity index (χ2n) is 4.36. The molecule has 0 unspecified atom stereocenters. The standard InChI is InChI=1S/C9H10N2O.C7H8/c1-6-10-8-4-3-7(12-2)5-9(8)11-6;1-7-5-3-2-4-6-7/h3-5H,1-2H3,(H,10,11);2-6H,1H3. The number of nitrogens with one attached hydrogen (secondary N) is 1. The molecular weight excluding hydrogens is 236 g/mol. The average molecular weight is 254 g/mol. The van der Waals surface area contributed by atoms with E-state index in [9.17, 15) is 0 Å². The zero-order valence-corrected chi connectivity index (χ0v) is 11.5. The third kappa shape index (κ3) is 3.58. The number of aromatic amines is 1. The van der Waals surface area contributed by atoms with Crippen molar-refractivity contribution in [1.29, 1.82) is 0 Å². The molecule has 0 saturated carbocycles. The maximum Gasteiger partial charge on any atom is 0.121 e. The van der Waals surface area contributed by atoms with Crippen molar-refractivity contribution in [2.24, 2.45) is 0 Å². The number of rotatable bonds is 1. The van der Waals surface area contributed by atoms with Gasteiger partial charge in [0.25, 0.3) is 0 Å². The van der Waals surface area contributed by atoms with Gasteiger partial charge in [-0.1, -0.05) is 35.9 Å². The van der Waals surface area contributed by atoms with Gasteiger partial charge in [0.1, 0.15) is 11.6 Å². The zero-order valence-electron chi connectivity index (χ0n) is 11.5. The molecule has 1 aromatic heterocycles. The van der Waals surface area contributed by atoms with Crippen LogP contribution < -0.4 is 4.74 Å². The second kappa shape index (κ2) is 6.05. The van der Waals surface area contributed by atoms with E-state index >= 15 is 0 Å². The van der Waals surface area contributed by atoms with Gasteiger partial charge in [-0.25, -0.2) is 4.98 Å². The first-order chi connectivity index (χ1) is 9.19. The Morgan fingerprint density at radius 1 is 1.00 bits per heavy atom. The lowest BCUT2D eigenvalue weighted by Gasteiger charge is -1.96. The fraction of sp³-hybridized carbons (Fsp3) is 0.188. The number of imidazole rings is 1. The molecule has 3 aromatic rings. The highest BCUT2D eigenvalue weighted by Crippen LogP contribution is 2.17. The number of benzene rings is 2. The Balaban J connectivity index is 0.000000163. The molecule has 0 atom stereocenters. The molecule has 98 valence electrons. The number of H-pyrrole nitrogens is 1. The van der Waals surface area contributed by atoms with Crippen molar-refractivity contribution in [3.8, 4) is 5.75 Å². The highest BCUT2D eigenvalue weighted by molar-refractivity contribution is 5.76. The predicted octanol–water partition coefficient (Wildman–Crippen LogP) is 3.87. The van der Waals surface area contributed by atoms with E-state index in [1.165, 1.54) is 5.56 Å². The summed E-state index contributed by atoms with van der Waals surface area (Å²) in [7, 11) is 1.66. The summed E-state index contributed by atoms with van der Waals surface area (Å²) in [5.74, 6) is 1.78. The summed E-state index contributed by atoms with van der Waals surface area (Å²) in [4.78, 5) is 7.42. The van der Waals surface area contributed by atoms with Gasteiger partial charge in [-0.15, -0.1) is 0 Å². The Labute approximate surface area is 113 Å². The summed E-state index contributed by atoms with van der Waals surface area (Å²) in [5, 5.41) is 0. The number of nitrogens with zero attached hydrogens (tertiary/aromatic N) is 1. The van der Waals surface area contributed by atoms with Gasteiger partial charge in [0.05, 0.1) is 18.1 Å². The molecule has 19 heavy (non-hydrogen) atoms. The molecule has 1 N–H and O–H groups in total. The monoisotopic (exact) mass is 254 g/mol. The Hall–Kier alpha value is -2.29. The molecule has 0 bridgehead atoms. The molecule has 0 aliphatic heterocycles. The van der Waals surface area contributed by atoms with Crippen molar-refractivity contribution in [3.05, 3.63) is 59.9 Å². The van der Waals surface area contributed by atoms with Gasteiger partial charge in [0.15, 0.2) is 0 Å². The van der Waals surface area contributed by atoms with E-state index in [1.807, 2.05) is 43.3 Å². The van der Waals surface area contributed by atoms with Crippen LogP contribution in [0.2, 0.25) is 0 Å². The Bertz CT molecular complexity index is 644. The summed E-state index contributed by atoms with van der Waals surface area (Å²) in [6, 6.07) is 16.0. The minimum atomic E-state index is 0.853. The first-order valence-corrected chi connectivity index (χ1v) is 6.21. The van der Waals surface area contributed by atoms with Crippen molar-refractivity contribution >= 4 is 11.0 Å². The van der Waals surface area contributed by atoms with Gasteiger partial charge in [-0.2, -0.15) is 0 Å². The third-order valence-electron chi connectivity index (χ3n) is 2.75. The minimum absolute atomic E-state index is 0.853. The molecular formula is C16H18N2O. The molecule has 0 radical (unpaired) electrons. The van der Waals surface area contributed by atoms with Crippen LogP contribution in [0.5, 0.6) is 5.75 Å². The van der Waals surface area contributed by atoms with Crippen LogP contribution in [-0.4, -0.2) is 17.1 Å². The van der Waals surface area contributed by atoms with Gasteiger partial charge in [-0.05, 0) is 26.0 Å². The Morgan fingerprint density at radius 2 is 1.74 bits per heavy atom. The highest BCUT2D eigenvalue weighted by atomic mass is 16.5. The first-order valence-electron chi connectivity index (χ1n) is 6.21. The van der Waals surface area contributed by atoms with Crippen LogP contribution in [-0.2, 0) is 0 Å². The van der Waals surface area contributed by atoms with Crippen molar-refractivity contribution in [2.75, 3.05) is 7.11 Å². The van der Waals surface area contributed by atoms with Crippen LogP contribution in [0.1, 0.15) is 11.4 Å². The number of aromatic nitrogens is 2. The summed E-state index contributed by atoms with van der Waals surface area (Å²) in [5.41, 5.74) is 3.32. The number of hydrogen-bond acceptors (Lipinski definition) is 2. The zero-order chi connectivity index (χ0) is 13.7. The van der Waals surface area contributed by atoms with Gasteiger partial charge in [0.2, 0.25) is 0 Å². The van der Waals surface area contributed by atoms with Crippen LogP contribution in [0.15, 0.2) is 48.5 Å². The summed E-state index contributed by atoms with van der Waals surface area (Å²) in [6.07, 6.45) is 0. The average Bonchev–Trinajstić information content (AvgIpc) is 2.79. The number of ether oxygens (including phenoxy) is 1. The number of hydrogen-bond donors (Lipinski definition) is 1. The van der Waals surface area contributed by atoms with Crippen LogP contribution in [0, 0.1) is 13.8 Å². The largest absolute Gasteiger partial charge is 0.497 e. The van der Waals surface area contributed by atoms with Crippen LogP contribution in [0.3, 0.4) is 0 Å². The molecule has 3 heteroatoms. The molecule has 0 saturated heterocycles. The number of methoxy groups -OCH3 is 1. The van der Waals surface area contributed by atoms with Crippen molar-refractivity contribution in [3.63, 3.8) is 0 Å². The van der Waals surface area contributed by atoms with E-state index in [4.69, 9.17) is 4.74 Å². The Morgan fingerprint density at radius 3 is 2.32 bits per heavy atom. The first kappa shape index (κ1) is 13.1. The normalized spacial score (nSPS) is 9.84. The maximum absolute atomic E-state index is 5.08. The molecule has 0 amide bonds. The SMILES string of the molecule is COc1ccc2nc(C)[nH]c2c1.Cc1ccccc1. The van der Waals surface area contributed by atoms with E-state index < -0.39 is 0 Å². The van der Waals surface area contributed by atoms with E-state index in [0.29, 0.717) is 0 Å². The van der Waals surface area contributed by atoms with Crippen LogP contribution in [0.4, 0.5) is 0 Å². The number of fused-ring (bicyclic) bond motifs is 1. The van der Waals surface area contributed by atoms with Crippen LogP contribution in [0.25, 0.3) is 11.0 Å². The van der Waals surface area contributed by atoms with Gasteiger partial charge < -0.3 is 9.72 Å². The molecule has 3 nitrogen and oxygen atoms in total. The van der Waals surface area contributed by atoms with Crippen LogP contribution >= 0.6 is 0 Å². The van der Waals surface area contributed by atoms with E-state index in [2.05, 4.69) is 29.0 Å². The van der Waals surface area contributed by atoms with Crippen molar-refractivity contribution in [1.82, 2.24) is 9.97 Å². The number of aryl methyl sites for hydroxylation is 2. The smallest absolute Gasteiger partial charge is 0.121 e. The molecule has 1 heterocycles. The third-order valence-corrected chi connectivity index (χ3v) is 2.75. The molecule has 0 spiro atoms. The van der Waals surface area contributed by atoms with Gasteiger partial charge >= 0.3 is 0 Å². The lowest BCUT2D eigenvalue weighted by molar-refractivity contribution is 0.415. The fourth-order valence-electron chi connectivity index (χ4n) is 1.78. The summed E-state index contributed by atoms with van der Waals surface area (Å²) < 4.78 is 5.08. The molecule has 0 aliphatic rings. The summed E-state index contributed by atoms with van der Waals surface area (Å²) in [6.45, 7) is 4.02. The molecule has 3 rings (SSSR count). The highest BCUT2D eigenvalue weighted by Gasteiger charge is 1.99. The van der Waals surface area contributed by atoms with E-state index in [-0.39, 0.29) is 0 Å². The van der Waals surface area contributed by atoms with E-state index in [1.54, 1.807) is 7.11 Å². The van der Waals surface area contributed by atoms with E-state index in [0.717, 1.165) is 22.6 Å². The second-order valence-corrected chi connectivity index (χ2v) is 4.36. The molecule has 0 aliphatic carbocycles. The predicted molar refractivity (Wildman–Crippen MR) is 78.6 cm³/mol. The van der Waals surface area contributed by atoms with Crippen molar-refractivity contribution < 1.29 is 4.74 Å². The summed E-state index contributed by atoms with van der Waals surface area (Å²) >= 11 is 0. The van der Waals surface area contributed by atoms with Crippen molar-refractivity contribution in [2.45, 2.75) is 13.8 Å².